The van der Waals surface area contributed by atoms with Crippen LogP contribution in [0.1, 0.15) is 20.8 Å². The number of rotatable bonds is 6. The monoisotopic (exact) mass is 485 g/mol. The van der Waals surface area contributed by atoms with E-state index in [1.807, 2.05) is 38.1 Å². The summed E-state index contributed by atoms with van der Waals surface area (Å²) in [5, 5.41) is 0.522. The van der Waals surface area contributed by atoms with Crippen molar-refractivity contribution in [3.63, 3.8) is 0 Å². The van der Waals surface area contributed by atoms with E-state index in [0.717, 1.165) is 21.6 Å². The van der Waals surface area contributed by atoms with Crippen LogP contribution in [-0.4, -0.2) is 34.4 Å². The zero-order valence-electron chi connectivity index (χ0n) is 19.4. The van der Waals surface area contributed by atoms with Crippen LogP contribution in [0.25, 0.3) is 21.3 Å². The summed E-state index contributed by atoms with van der Waals surface area (Å²) < 4.78 is 6.84. The first-order valence-electron chi connectivity index (χ1n) is 11.1. The van der Waals surface area contributed by atoms with E-state index in [0.29, 0.717) is 33.8 Å². The van der Waals surface area contributed by atoms with Crippen molar-refractivity contribution < 1.29 is 14.3 Å². The molecule has 35 heavy (non-hydrogen) atoms. The summed E-state index contributed by atoms with van der Waals surface area (Å²) in [5.41, 5.74) is 3.58. The highest BCUT2D eigenvalue weighted by molar-refractivity contribution is 7.19. The fourth-order valence-electron chi connectivity index (χ4n) is 4.27. The van der Waals surface area contributed by atoms with Crippen LogP contribution in [0.4, 0.5) is 5.69 Å². The number of benzene rings is 2. The van der Waals surface area contributed by atoms with Crippen LogP contribution in [0, 0.1) is 13.8 Å². The van der Waals surface area contributed by atoms with E-state index in [1.165, 1.54) is 27.1 Å². The number of carbonyl (C=O) groups excluding carboxylic acids is 2. The fourth-order valence-corrected chi connectivity index (χ4v) is 5.27. The number of ketones is 1. The minimum Gasteiger partial charge on any atom is -0.482 e. The van der Waals surface area contributed by atoms with Crippen molar-refractivity contribution >= 4 is 38.9 Å². The zero-order chi connectivity index (χ0) is 24.7. The second kappa shape index (κ2) is 8.96. The van der Waals surface area contributed by atoms with Gasteiger partial charge in [0.05, 0.1) is 23.9 Å². The normalized spacial score (nSPS) is 13.0. The molecule has 5 rings (SSSR count). The maximum atomic E-state index is 13.5. The van der Waals surface area contributed by atoms with Gasteiger partial charge in [-0.2, -0.15) is 0 Å². The SMILES string of the molecule is C=CCN1C(=O)COc2ccc(C(=O)Cn3cnc4sc(C)c(-c5ccc(C)cc5)c4c3=O)cc21. The predicted octanol–water partition coefficient (Wildman–Crippen LogP) is 4.54. The maximum Gasteiger partial charge on any atom is 0.265 e. The average Bonchev–Trinajstić information content (AvgIpc) is 3.19. The molecule has 2 aromatic carbocycles. The summed E-state index contributed by atoms with van der Waals surface area (Å²) in [6.45, 7) is 7.78. The summed E-state index contributed by atoms with van der Waals surface area (Å²) in [6.07, 6.45) is 3.04. The molecule has 1 aliphatic heterocycles. The summed E-state index contributed by atoms with van der Waals surface area (Å²) in [4.78, 5) is 46.6. The Morgan fingerprint density at radius 3 is 2.69 bits per heavy atom. The average molecular weight is 486 g/mol. The molecule has 7 nitrogen and oxygen atoms in total. The predicted molar refractivity (Wildman–Crippen MR) is 138 cm³/mol. The highest BCUT2D eigenvalue weighted by Crippen LogP contribution is 2.36. The first-order chi connectivity index (χ1) is 16.9. The molecule has 0 aliphatic carbocycles. The lowest BCUT2D eigenvalue weighted by Crippen LogP contribution is -2.39. The van der Waals surface area contributed by atoms with Crippen LogP contribution in [0.3, 0.4) is 0 Å². The van der Waals surface area contributed by atoms with Crippen LogP contribution in [-0.2, 0) is 11.3 Å². The lowest BCUT2D eigenvalue weighted by atomic mass is 10.0. The van der Waals surface area contributed by atoms with Gasteiger partial charge in [-0.25, -0.2) is 4.98 Å². The third-order valence-corrected chi connectivity index (χ3v) is 7.06. The molecule has 0 fully saturated rings. The Morgan fingerprint density at radius 2 is 1.94 bits per heavy atom. The van der Waals surface area contributed by atoms with E-state index < -0.39 is 0 Å². The van der Waals surface area contributed by atoms with Crippen LogP contribution >= 0.6 is 11.3 Å². The van der Waals surface area contributed by atoms with Gasteiger partial charge in [0.2, 0.25) is 0 Å². The van der Waals surface area contributed by atoms with Crippen LogP contribution < -0.4 is 15.2 Å². The standard InChI is InChI=1S/C27H23N3O4S/c1-4-11-30-20-12-19(9-10-22(20)34-14-23(30)32)21(31)13-29-15-28-26-25(27(29)33)24(17(3)35-26)18-7-5-16(2)6-8-18/h4-10,12,15H,1,11,13-14H2,2-3H3. The molecule has 0 saturated heterocycles. The highest BCUT2D eigenvalue weighted by atomic mass is 32.1. The molecule has 0 bridgehead atoms. The van der Waals surface area contributed by atoms with Crippen LogP contribution in [0.2, 0.25) is 0 Å². The van der Waals surface area contributed by atoms with Crippen molar-refractivity contribution in [1.82, 2.24) is 9.55 Å². The van der Waals surface area contributed by atoms with Gasteiger partial charge in [0.1, 0.15) is 10.6 Å². The molecular weight excluding hydrogens is 462 g/mol. The maximum absolute atomic E-state index is 13.5. The molecule has 1 aliphatic rings. The first kappa shape index (κ1) is 22.7. The number of aromatic nitrogens is 2. The second-order valence-electron chi connectivity index (χ2n) is 8.44. The molecule has 0 spiro atoms. The molecule has 0 atom stereocenters. The lowest BCUT2D eigenvalue weighted by molar-refractivity contribution is -0.121. The number of anilines is 1. The van der Waals surface area contributed by atoms with Crippen LogP contribution in [0.5, 0.6) is 5.75 Å². The molecule has 3 heterocycles. The quantitative estimate of drug-likeness (QED) is 0.296. The van der Waals surface area contributed by atoms with Crippen molar-refractivity contribution in [2.24, 2.45) is 0 Å². The Hall–Kier alpha value is -4.04. The van der Waals surface area contributed by atoms with Crippen molar-refractivity contribution in [3.8, 4) is 16.9 Å². The summed E-state index contributed by atoms with van der Waals surface area (Å²) in [7, 11) is 0. The van der Waals surface area contributed by atoms with Crippen LogP contribution in [0.15, 0.2) is 66.2 Å². The van der Waals surface area contributed by atoms with Gasteiger partial charge < -0.3 is 9.64 Å². The highest BCUT2D eigenvalue weighted by Gasteiger charge is 2.26. The summed E-state index contributed by atoms with van der Waals surface area (Å²) in [5.74, 6) is 0.0561. The topological polar surface area (TPSA) is 81.5 Å². The molecule has 176 valence electrons. The van der Waals surface area contributed by atoms with E-state index in [2.05, 4.69) is 11.6 Å². The number of amides is 1. The number of thiophene rings is 1. The minimum absolute atomic E-state index is 0.0570. The Labute approximate surface area is 205 Å². The van der Waals surface area contributed by atoms with E-state index in [1.54, 1.807) is 24.3 Å². The number of hydrogen-bond acceptors (Lipinski definition) is 6. The number of nitrogens with zero attached hydrogens (tertiary/aromatic N) is 3. The Morgan fingerprint density at radius 1 is 1.17 bits per heavy atom. The number of aryl methyl sites for hydroxylation is 2. The fraction of sp³-hybridized carbons (Fsp3) is 0.185. The molecule has 0 unspecified atom stereocenters. The first-order valence-corrected chi connectivity index (χ1v) is 12.0. The number of Topliss-reactive ketones (excluding diaryl/α,β-unsaturated/α-hetero) is 1. The second-order valence-corrected chi connectivity index (χ2v) is 9.65. The van der Waals surface area contributed by atoms with Gasteiger partial charge in [0.25, 0.3) is 11.5 Å². The van der Waals surface area contributed by atoms with Gasteiger partial charge >= 0.3 is 0 Å². The van der Waals surface area contributed by atoms with E-state index in [9.17, 15) is 14.4 Å². The van der Waals surface area contributed by atoms with Crippen molar-refractivity contribution in [2.75, 3.05) is 18.1 Å². The molecule has 0 N–H and O–H groups in total. The summed E-state index contributed by atoms with van der Waals surface area (Å²) >= 11 is 1.47. The molecule has 4 aromatic rings. The van der Waals surface area contributed by atoms with Crippen molar-refractivity contribution in [2.45, 2.75) is 20.4 Å². The minimum atomic E-state index is -0.267. The van der Waals surface area contributed by atoms with Gasteiger partial charge in [-0.15, -0.1) is 17.9 Å². The third-order valence-electron chi connectivity index (χ3n) is 6.04. The Balaban J connectivity index is 1.51. The number of fused-ring (bicyclic) bond motifs is 2. The van der Waals surface area contributed by atoms with Gasteiger partial charge in [-0.3, -0.25) is 19.0 Å². The number of hydrogen-bond donors (Lipinski definition) is 0. The largest absolute Gasteiger partial charge is 0.482 e. The lowest BCUT2D eigenvalue weighted by Gasteiger charge is -2.28. The summed E-state index contributed by atoms with van der Waals surface area (Å²) in [6, 6.07) is 13.0. The molecular formula is C27H23N3O4S. The van der Waals surface area contributed by atoms with Crippen molar-refractivity contribution in [3.05, 3.63) is 87.8 Å². The number of ether oxygens (including phenoxy) is 1. The Kier molecular flexibility index (Phi) is 5.82. The van der Waals surface area contributed by atoms with E-state index in [4.69, 9.17) is 4.74 Å². The smallest absolute Gasteiger partial charge is 0.265 e. The molecule has 0 saturated carbocycles. The Bertz CT molecular complexity index is 1550. The van der Waals surface area contributed by atoms with Gasteiger partial charge in [-0.05, 0) is 37.6 Å². The van der Waals surface area contributed by atoms with Gasteiger partial charge in [-0.1, -0.05) is 35.9 Å². The molecule has 8 heteroatoms. The van der Waals surface area contributed by atoms with Crippen molar-refractivity contribution in [1.29, 1.82) is 0 Å². The van der Waals surface area contributed by atoms with Gasteiger partial charge in [0, 0.05) is 22.5 Å². The van der Waals surface area contributed by atoms with Gasteiger partial charge in [0.15, 0.2) is 12.4 Å². The van der Waals surface area contributed by atoms with E-state index >= 15 is 0 Å². The molecule has 1 amide bonds. The van der Waals surface area contributed by atoms with E-state index in [-0.39, 0.29) is 30.4 Å². The molecule has 0 radical (unpaired) electrons. The number of carbonyl (C=O) groups is 2. The zero-order valence-corrected chi connectivity index (χ0v) is 20.2. The third kappa shape index (κ3) is 4.06. The molecule has 2 aromatic heterocycles.